The zero-order chi connectivity index (χ0) is 12.1. The van der Waals surface area contributed by atoms with Gasteiger partial charge in [-0.25, -0.2) is 0 Å². The first-order valence-corrected chi connectivity index (χ1v) is 4.97. The minimum absolute atomic E-state index is 0.00201. The first-order chi connectivity index (χ1) is 7.54. The highest BCUT2D eigenvalue weighted by Crippen LogP contribution is 2.17. The van der Waals surface area contributed by atoms with E-state index in [1.165, 1.54) is 10.9 Å². The molecule has 1 rings (SSSR count). The maximum Gasteiger partial charge on any atom is 0.310 e. The van der Waals surface area contributed by atoms with Gasteiger partial charge in [-0.3, -0.25) is 19.6 Å². The Morgan fingerprint density at radius 3 is 2.81 bits per heavy atom. The number of carboxylic acids is 1. The lowest BCUT2D eigenvalue weighted by Gasteiger charge is -1.97. The van der Waals surface area contributed by atoms with Crippen LogP contribution in [-0.2, 0) is 17.8 Å². The summed E-state index contributed by atoms with van der Waals surface area (Å²) in [6.45, 7) is 2.17. The molecule has 1 heterocycles. The van der Waals surface area contributed by atoms with Crippen LogP contribution in [0.25, 0.3) is 0 Å². The van der Waals surface area contributed by atoms with Crippen molar-refractivity contribution in [2.75, 3.05) is 0 Å². The van der Waals surface area contributed by atoms with E-state index in [1.807, 2.05) is 0 Å². The average molecular weight is 227 g/mol. The molecule has 0 amide bonds. The van der Waals surface area contributed by atoms with Gasteiger partial charge in [0.2, 0.25) is 0 Å². The van der Waals surface area contributed by atoms with Gasteiger partial charge in [-0.2, -0.15) is 5.10 Å². The fourth-order valence-electron chi connectivity index (χ4n) is 1.36. The summed E-state index contributed by atoms with van der Waals surface area (Å²) in [4.78, 5) is 20.4. The molecule has 0 unspecified atom stereocenters. The number of rotatable bonds is 6. The number of aryl methyl sites for hydroxylation is 2. The Kier molecular flexibility index (Phi) is 3.98. The number of hydrogen-bond acceptors (Lipinski definition) is 4. The van der Waals surface area contributed by atoms with Crippen LogP contribution in [-0.4, -0.2) is 25.8 Å². The zero-order valence-electron chi connectivity index (χ0n) is 8.92. The molecular formula is C9H13N3O4. The molecule has 0 saturated heterocycles. The van der Waals surface area contributed by atoms with Crippen molar-refractivity contribution in [3.8, 4) is 0 Å². The van der Waals surface area contributed by atoms with Crippen molar-refractivity contribution in [3.63, 3.8) is 0 Å². The highest BCUT2D eigenvalue weighted by molar-refractivity contribution is 5.66. The van der Waals surface area contributed by atoms with Crippen LogP contribution in [0.4, 0.5) is 5.69 Å². The molecule has 0 radical (unpaired) electrons. The lowest BCUT2D eigenvalue weighted by Crippen LogP contribution is -2.02. The molecule has 0 aromatic carbocycles. The van der Waals surface area contributed by atoms with E-state index in [2.05, 4.69) is 5.10 Å². The van der Waals surface area contributed by atoms with Crippen LogP contribution in [0.2, 0.25) is 0 Å². The molecule has 88 valence electrons. The van der Waals surface area contributed by atoms with Gasteiger partial charge in [0, 0.05) is 13.0 Å². The molecule has 1 N–H and O–H groups in total. The Hall–Kier alpha value is -1.92. The van der Waals surface area contributed by atoms with Crippen molar-refractivity contribution in [1.82, 2.24) is 9.78 Å². The minimum atomic E-state index is -0.877. The van der Waals surface area contributed by atoms with Crippen molar-refractivity contribution in [1.29, 1.82) is 0 Å². The second-order valence-corrected chi connectivity index (χ2v) is 3.33. The Morgan fingerprint density at radius 1 is 1.69 bits per heavy atom. The van der Waals surface area contributed by atoms with Gasteiger partial charge >= 0.3 is 11.7 Å². The second kappa shape index (κ2) is 5.24. The van der Waals surface area contributed by atoms with E-state index in [0.29, 0.717) is 25.1 Å². The van der Waals surface area contributed by atoms with Crippen LogP contribution >= 0.6 is 0 Å². The fraction of sp³-hybridized carbons (Fsp3) is 0.556. The number of carboxylic acid groups (broad SMARTS) is 1. The minimum Gasteiger partial charge on any atom is -0.481 e. The summed E-state index contributed by atoms with van der Waals surface area (Å²) in [5.41, 5.74) is 0.429. The molecule has 0 bridgehead atoms. The Balaban J connectivity index is 2.67. The van der Waals surface area contributed by atoms with Crippen molar-refractivity contribution in [2.45, 2.75) is 32.7 Å². The quantitative estimate of drug-likeness (QED) is 0.581. The fourth-order valence-corrected chi connectivity index (χ4v) is 1.36. The first-order valence-electron chi connectivity index (χ1n) is 4.97. The van der Waals surface area contributed by atoms with Crippen molar-refractivity contribution in [3.05, 3.63) is 22.0 Å². The number of carbonyl (C=O) groups is 1. The third kappa shape index (κ3) is 3.04. The van der Waals surface area contributed by atoms with Crippen LogP contribution in [0, 0.1) is 10.1 Å². The molecule has 0 aliphatic heterocycles. The van der Waals surface area contributed by atoms with Gasteiger partial charge < -0.3 is 5.11 Å². The summed E-state index contributed by atoms with van der Waals surface area (Å²) in [5.74, 6) is -0.877. The predicted octanol–water partition coefficient (Wildman–Crippen LogP) is 1.22. The monoisotopic (exact) mass is 227 g/mol. The van der Waals surface area contributed by atoms with Crippen LogP contribution < -0.4 is 0 Å². The SMILES string of the molecule is CCc1nn(CCCC(=O)O)cc1[N+](=O)[O-]. The summed E-state index contributed by atoms with van der Waals surface area (Å²) < 4.78 is 1.43. The van der Waals surface area contributed by atoms with Crippen molar-refractivity contribution < 1.29 is 14.8 Å². The molecule has 0 atom stereocenters. The molecule has 1 aromatic rings. The van der Waals surface area contributed by atoms with Gasteiger partial charge in [0.25, 0.3) is 0 Å². The highest BCUT2D eigenvalue weighted by atomic mass is 16.6. The second-order valence-electron chi connectivity index (χ2n) is 3.33. The number of aromatic nitrogens is 2. The molecule has 7 nitrogen and oxygen atoms in total. The number of hydrogen-bond donors (Lipinski definition) is 1. The maximum atomic E-state index is 10.6. The molecule has 16 heavy (non-hydrogen) atoms. The highest BCUT2D eigenvalue weighted by Gasteiger charge is 2.17. The van der Waals surface area contributed by atoms with Crippen LogP contribution in [0.5, 0.6) is 0 Å². The Labute approximate surface area is 91.8 Å². The summed E-state index contributed by atoms with van der Waals surface area (Å²) >= 11 is 0. The van der Waals surface area contributed by atoms with Crippen LogP contribution in [0.15, 0.2) is 6.20 Å². The van der Waals surface area contributed by atoms with E-state index in [0.717, 1.165) is 0 Å². The summed E-state index contributed by atoms with van der Waals surface area (Å²) in [6.07, 6.45) is 2.29. The molecule has 0 fully saturated rings. The van der Waals surface area contributed by atoms with Gasteiger partial charge in [-0.05, 0) is 12.8 Å². The molecule has 0 aliphatic rings. The molecule has 0 saturated carbocycles. The lowest BCUT2D eigenvalue weighted by atomic mass is 10.3. The smallest absolute Gasteiger partial charge is 0.310 e. The predicted molar refractivity (Wildman–Crippen MR) is 55.1 cm³/mol. The number of nitro groups is 1. The van der Waals surface area contributed by atoms with Crippen LogP contribution in [0.1, 0.15) is 25.5 Å². The molecule has 0 spiro atoms. The Bertz CT molecular complexity index is 399. The van der Waals surface area contributed by atoms with E-state index in [4.69, 9.17) is 5.11 Å². The van der Waals surface area contributed by atoms with E-state index in [-0.39, 0.29) is 12.1 Å². The standard InChI is InChI=1S/C9H13N3O4/c1-2-7-8(12(15)16)6-11(10-7)5-3-4-9(13)14/h6H,2-5H2,1H3,(H,13,14). The average Bonchev–Trinajstić information content (AvgIpc) is 2.60. The van der Waals surface area contributed by atoms with Gasteiger partial charge in [0.15, 0.2) is 0 Å². The third-order valence-electron chi connectivity index (χ3n) is 2.13. The van der Waals surface area contributed by atoms with Crippen LogP contribution in [0.3, 0.4) is 0 Å². The summed E-state index contributed by atoms with van der Waals surface area (Å²) in [5, 5.41) is 23.1. The van der Waals surface area contributed by atoms with Crippen molar-refractivity contribution in [2.24, 2.45) is 0 Å². The maximum absolute atomic E-state index is 10.6. The summed E-state index contributed by atoms with van der Waals surface area (Å²) in [6, 6.07) is 0. The van der Waals surface area contributed by atoms with Gasteiger partial charge in [0.1, 0.15) is 11.9 Å². The van der Waals surface area contributed by atoms with Crippen molar-refractivity contribution >= 4 is 11.7 Å². The lowest BCUT2D eigenvalue weighted by molar-refractivity contribution is -0.385. The first kappa shape index (κ1) is 12.2. The third-order valence-corrected chi connectivity index (χ3v) is 2.13. The van der Waals surface area contributed by atoms with Gasteiger partial charge in [-0.1, -0.05) is 6.92 Å². The normalized spacial score (nSPS) is 10.3. The van der Waals surface area contributed by atoms with E-state index < -0.39 is 10.9 Å². The zero-order valence-corrected chi connectivity index (χ0v) is 8.92. The Morgan fingerprint density at radius 2 is 2.38 bits per heavy atom. The number of nitrogens with zero attached hydrogens (tertiary/aromatic N) is 3. The number of aliphatic carboxylic acids is 1. The van der Waals surface area contributed by atoms with Gasteiger partial charge in [0.05, 0.1) is 4.92 Å². The molecular weight excluding hydrogens is 214 g/mol. The largest absolute Gasteiger partial charge is 0.481 e. The molecule has 1 aromatic heterocycles. The molecule has 7 heteroatoms. The van der Waals surface area contributed by atoms with E-state index >= 15 is 0 Å². The van der Waals surface area contributed by atoms with Gasteiger partial charge in [-0.15, -0.1) is 0 Å². The van der Waals surface area contributed by atoms with E-state index in [9.17, 15) is 14.9 Å². The molecule has 0 aliphatic carbocycles. The van der Waals surface area contributed by atoms with E-state index in [1.54, 1.807) is 6.92 Å². The summed E-state index contributed by atoms with van der Waals surface area (Å²) in [7, 11) is 0. The topological polar surface area (TPSA) is 98.3 Å².